The van der Waals surface area contributed by atoms with Gasteiger partial charge in [0.15, 0.2) is 5.58 Å². The molecule has 0 aliphatic rings. The third-order valence-electron chi connectivity index (χ3n) is 4.27. The van der Waals surface area contributed by atoms with Crippen LogP contribution in [0.1, 0.15) is 20.3 Å². The highest BCUT2D eigenvalue weighted by Crippen LogP contribution is 2.23. The number of amides is 2. The van der Waals surface area contributed by atoms with Crippen molar-refractivity contribution in [3.05, 3.63) is 54.6 Å². The van der Waals surface area contributed by atoms with E-state index < -0.39 is 6.04 Å². The van der Waals surface area contributed by atoms with Crippen molar-refractivity contribution in [1.29, 1.82) is 0 Å². The maximum absolute atomic E-state index is 12.8. The number of para-hydroxylation sites is 3. The van der Waals surface area contributed by atoms with Crippen molar-refractivity contribution in [2.45, 2.75) is 31.5 Å². The molecule has 0 spiro atoms. The van der Waals surface area contributed by atoms with Gasteiger partial charge in [0.25, 0.3) is 5.22 Å². The molecule has 2 aromatic carbocycles. The summed E-state index contributed by atoms with van der Waals surface area (Å²) in [5, 5.41) is 3.31. The fraction of sp³-hybridized carbons (Fsp3) is 0.286. The van der Waals surface area contributed by atoms with Gasteiger partial charge in [-0.3, -0.25) is 9.59 Å². The van der Waals surface area contributed by atoms with E-state index in [1.807, 2.05) is 61.5 Å². The SMILES string of the molecule is CCCN(C(=O)CSc1nc2ccccc2o1)C(C)C(=O)Nc1ccccc1. The molecule has 0 radical (unpaired) electrons. The number of anilines is 1. The molecule has 1 atom stereocenters. The highest BCUT2D eigenvalue weighted by atomic mass is 32.2. The number of rotatable bonds is 8. The molecule has 3 aromatic rings. The summed E-state index contributed by atoms with van der Waals surface area (Å²) in [6, 6.07) is 16.1. The van der Waals surface area contributed by atoms with E-state index in [-0.39, 0.29) is 17.6 Å². The van der Waals surface area contributed by atoms with Crippen LogP contribution in [0.25, 0.3) is 11.1 Å². The van der Waals surface area contributed by atoms with Gasteiger partial charge in [-0.15, -0.1) is 0 Å². The normalized spacial score (nSPS) is 11.9. The molecule has 1 heterocycles. The number of hydrogen-bond acceptors (Lipinski definition) is 5. The summed E-state index contributed by atoms with van der Waals surface area (Å²) in [4.78, 5) is 31.3. The Kier molecular flexibility index (Phi) is 6.71. The van der Waals surface area contributed by atoms with Gasteiger partial charge in [-0.05, 0) is 37.6 Å². The number of nitrogens with zero attached hydrogens (tertiary/aromatic N) is 2. The van der Waals surface area contributed by atoms with Crippen LogP contribution in [0.15, 0.2) is 64.2 Å². The number of nitrogens with one attached hydrogen (secondary N) is 1. The molecule has 0 fully saturated rings. The average Bonchev–Trinajstić information content (AvgIpc) is 3.13. The Labute approximate surface area is 168 Å². The molecule has 0 aliphatic heterocycles. The average molecular weight is 398 g/mol. The van der Waals surface area contributed by atoms with Crippen LogP contribution >= 0.6 is 11.8 Å². The lowest BCUT2D eigenvalue weighted by atomic mass is 10.2. The Hall–Kier alpha value is -2.80. The van der Waals surface area contributed by atoms with Gasteiger partial charge in [-0.1, -0.05) is 49.0 Å². The number of fused-ring (bicyclic) bond motifs is 1. The Morgan fingerprint density at radius 1 is 1.14 bits per heavy atom. The quantitative estimate of drug-likeness (QED) is 0.577. The van der Waals surface area contributed by atoms with Crippen molar-refractivity contribution in [3.63, 3.8) is 0 Å². The molecular formula is C21H23N3O3S. The lowest BCUT2D eigenvalue weighted by Crippen LogP contribution is -2.46. The van der Waals surface area contributed by atoms with Gasteiger partial charge in [0.2, 0.25) is 11.8 Å². The summed E-state index contributed by atoms with van der Waals surface area (Å²) >= 11 is 1.24. The van der Waals surface area contributed by atoms with Crippen LogP contribution in [-0.4, -0.2) is 40.0 Å². The topological polar surface area (TPSA) is 75.4 Å². The van der Waals surface area contributed by atoms with Crippen molar-refractivity contribution in [2.75, 3.05) is 17.6 Å². The lowest BCUT2D eigenvalue weighted by molar-refractivity contribution is -0.135. The van der Waals surface area contributed by atoms with Crippen LogP contribution in [0.2, 0.25) is 0 Å². The second-order valence-corrected chi connectivity index (χ2v) is 7.28. The molecule has 146 valence electrons. The standard InChI is InChI=1S/C21H23N3O3S/c1-3-13-24(15(2)20(26)22-16-9-5-4-6-10-16)19(25)14-28-21-23-17-11-7-8-12-18(17)27-21/h4-12,15H,3,13-14H2,1-2H3,(H,22,26). The van der Waals surface area contributed by atoms with Crippen LogP contribution in [0.5, 0.6) is 0 Å². The molecule has 7 heteroatoms. The molecule has 6 nitrogen and oxygen atoms in total. The summed E-state index contributed by atoms with van der Waals surface area (Å²) in [7, 11) is 0. The van der Waals surface area contributed by atoms with Gasteiger partial charge in [0.1, 0.15) is 11.6 Å². The van der Waals surface area contributed by atoms with Gasteiger partial charge in [0.05, 0.1) is 5.75 Å². The fourth-order valence-electron chi connectivity index (χ4n) is 2.80. The van der Waals surface area contributed by atoms with Crippen molar-refractivity contribution in [2.24, 2.45) is 0 Å². The third-order valence-corrected chi connectivity index (χ3v) is 5.08. The van der Waals surface area contributed by atoms with E-state index in [2.05, 4.69) is 10.3 Å². The number of oxazole rings is 1. The number of thioether (sulfide) groups is 1. The highest BCUT2D eigenvalue weighted by molar-refractivity contribution is 7.99. The van der Waals surface area contributed by atoms with E-state index in [0.717, 1.165) is 11.9 Å². The van der Waals surface area contributed by atoms with E-state index in [1.54, 1.807) is 11.8 Å². The molecule has 2 amide bonds. The first-order valence-electron chi connectivity index (χ1n) is 9.22. The number of carbonyl (C=O) groups excluding carboxylic acids is 2. The summed E-state index contributed by atoms with van der Waals surface area (Å²) < 4.78 is 5.65. The minimum atomic E-state index is -0.572. The van der Waals surface area contributed by atoms with Crippen molar-refractivity contribution in [3.8, 4) is 0 Å². The molecule has 3 rings (SSSR count). The van der Waals surface area contributed by atoms with Gasteiger partial charge in [-0.25, -0.2) is 4.98 Å². The van der Waals surface area contributed by atoms with E-state index >= 15 is 0 Å². The van der Waals surface area contributed by atoms with Crippen LogP contribution in [-0.2, 0) is 9.59 Å². The number of hydrogen-bond donors (Lipinski definition) is 1. The van der Waals surface area contributed by atoms with E-state index in [1.165, 1.54) is 11.8 Å². The zero-order valence-corrected chi connectivity index (χ0v) is 16.7. The first-order chi connectivity index (χ1) is 13.6. The third kappa shape index (κ3) is 4.92. The number of aromatic nitrogens is 1. The zero-order valence-electron chi connectivity index (χ0n) is 15.9. The fourth-order valence-corrected chi connectivity index (χ4v) is 3.53. The van der Waals surface area contributed by atoms with Crippen molar-refractivity contribution >= 4 is 40.4 Å². The first kappa shape index (κ1) is 19.9. The molecule has 28 heavy (non-hydrogen) atoms. The Morgan fingerprint density at radius 2 is 1.86 bits per heavy atom. The Morgan fingerprint density at radius 3 is 2.57 bits per heavy atom. The van der Waals surface area contributed by atoms with Crippen LogP contribution < -0.4 is 5.32 Å². The van der Waals surface area contributed by atoms with E-state index in [9.17, 15) is 9.59 Å². The van der Waals surface area contributed by atoms with E-state index in [0.29, 0.717) is 23.0 Å². The van der Waals surface area contributed by atoms with Gasteiger partial charge >= 0.3 is 0 Å². The number of benzene rings is 2. The molecule has 0 saturated carbocycles. The van der Waals surface area contributed by atoms with Crippen molar-refractivity contribution in [1.82, 2.24) is 9.88 Å². The second kappa shape index (κ2) is 9.41. The monoisotopic (exact) mass is 397 g/mol. The second-order valence-electron chi connectivity index (χ2n) is 6.35. The maximum Gasteiger partial charge on any atom is 0.257 e. The van der Waals surface area contributed by atoms with Gasteiger partial charge in [0, 0.05) is 12.2 Å². The minimum Gasteiger partial charge on any atom is -0.431 e. The Bertz CT molecular complexity index is 909. The largest absolute Gasteiger partial charge is 0.431 e. The predicted octanol–water partition coefficient (Wildman–Crippen LogP) is 4.19. The summed E-state index contributed by atoms with van der Waals surface area (Å²) in [6.07, 6.45) is 0.766. The smallest absolute Gasteiger partial charge is 0.257 e. The summed E-state index contributed by atoms with van der Waals surface area (Å²) in [5.74, 6) is -0.167. The van der Waals surface area contributed by atoms with Crippen LogP contribution in [0.4, 0.5) is 5.69 Å². The Balaban J connectivity index is 1.62. The molecule has 0 aliphatic carbocycles. The predicted molar refractivity (Wildman–Crippen MR) is 111 cm³/mol. The number of carbonyl (C=O) groups is 2. The molecule has 0 saturated heterocycles. The summed E-state index contributed by atoms with van der Waals surface area (Å²) in [6.45, 7) is 4.24. The summed E-state index contributed by atoms with van der Waals surface area (Å²) in [5.41, 5.74) is 2.17. The molecule has 0 bridgehead atoms. The van der Waals surface area contributed by atoms with Crippen molar-refractivity contribution < 1.29 is 14.0 Å². The zero-order chi connectivity index (χ0) is 19.9. The minimum absolute atomic E-state index is 0.121. The lowest BCUT2D eigenvalue weighted by Gasteiger charge is -2.28. The van der Waals surface area contributed by atoms with Gasteiger partial charge < -0.3 is 14.6 Å². The highest BCUT2D eigenvalue weighted by Gasteiger charge is 2.25. The van der Waals surface area contributed by atoms with E-state index in [4.69, 9.17) is 4.42 Å². The molecule has 1 N–H and O–H groups in total. The van der Waals surface area contributed by atoms with Crippen LogP contribution in [0.3, 0.4) is 0 Å². The molecule has 1 aromatic heterocycles. The van der Waals surface area contributed by atoms with Gasteiger partial charge in [-0.2, -0.15) is 0 Å². The maximum atomic E-state index is 12.8. The first-order valence-corrected chi connectivity index (χ1v) is 10.2. The molecular weight excluding hydrogens is 374 g/mol. The molecule has 1 unspecified atom stereocenters. The van der Waals surface area contributed by atoms with Crippen LogP contribution in [0, 0.1) is 0 Å².